The summed E-state index contributed by atoms with van der Waals surface area (Å²) in [6, 6.07) is 8.41. The van der Waals surface area contributed by atoms with Gasteiger partial charge in [-0.15, -0.1) is 0 Å². The Morgan fingerprint density at radius 1 is 1.05 bits per heavy atom. The number of hydrogen-bond acceptors (Lipinski definition) is 4. The molecule has 4 nitrogen and oxygen atoms in total. The summed E-state index contributed by atoms with van der Waals surface area (Å²) in [6.45, 7) is 10.3. The minimum absolute atomic E-state index is 0.192. The third-order valence-corrected chi connectivity index (χ3v) is 3.29. The molecule has 0 fully saturated rings. The molecular formula is C17H30N2O2. The SMILES string of the molecule is CC(C)OCCN(C)C(CN)c1ccc(OC(C)C)cc1. The number of ether oxygens (including phenoxy) is 2. The Balaban J connectivity index is 2.62. The van der Waals surface area contributed by atoms with Gasteiger partial charge in [0, 0.05) is 19.1 Å². The van der Waals surface area contributed by atoms with Crippen molar-refractivity contribution in [2.24, 2.45) is 5.73 Å². The molecule has 0 bridgehead atoms. The van der Waals surface area contributed by atoms with E-state index in [0.29, 0.717) is 6.54 Å². The summed E-state index contributed by atoms with van der Waals surface area (Å²) in [5, 5.41) is 0. The summed E-state index contributed by atoms with van der Waals surface area (Å²) in [5.74, 6) is 0.898. The molecule has 0 aliphatic heterocycles. The van der Waals surface area contributed by atoms with E-state index in [1.165, 1.54) is 5.56 Å². The van der Waals surface area contributed by atoms with Crippen LogP contribution in [0.4, 0.5) is 0 Å². The van der Waals surface area contributed by atoms with Crippen LogP contribution >= 0.6 is 0 Å². The van der Waals surface area contributed by atoms with Gasteiger partial charge in [0.25, 0.3) is 0 Å². The molecule has 0 amide bonds. The van der Waals surface area contributed by atoms with Gasteiger partial charge in [0.05, 0.1) is 18.8 Å². The van der Waals surface area contributed by atoms with Crippen LogP contribution in [-0.4, -0.2) is 43.9 Å². The smallest absolute Gasteiger partial charge is 0.119 e. The summed E-state index contributed by atoms with van der Waals surface area (Å²) < 4.78 is 11.3. The van der Waals surface area contributed by atoms with Gasteiger partial charge >= 0.3 is 0 Å². The zero-order valence-electron chi connectivity index (χ0n) is 14.0. The molecule has 0 aromatic heterocycles. The Kier molecular flexibility index (Phi) is 7.72. The zero-order valence-corrected chi connectivity index (χ0v) is 14.0. The Labute approximate surface area is 129 Å². The Morgan fingerprint density at radius 2 is 1.67 bits per heavy atom. The molecule has 4 heteroatoms. The Hall–Kier alpha value is -1.10. The normalized spacial score (nSPS) is 13.2. The molecule has 1 aromatic carbocycles. The first-order valence-corrected chi connectivity index (χ1v) is 7.72. The Morgan fingerprint density at radius 3 is 2.14 bits per heavy atom. The molecule has 0 saturated heterocycles. The topological polar surface area (TPSA) is 47.7 Å². The molecule has 120 valence electrons. The van der Waals surface area contributed by atoms with E-state index in [-0.39, 0.29) is 18.2 Å². The lowest BCUT2D eigenvalue weighted by Gasteiger charge is -2.27. The third-order valence-electron chi connectivity index (χ3n) is 3.29. The minimum Gasteiger partial charge on any atom is -0.491 e. The molecule has 0 saturated carbocycles. The number of benzene rings is 1. The van der Waals surface area contributed by atoms with E-state index in [0.717, 1.165) is 18.9 Å². The van der Waals surface area contributed by atoms with Gasteiger partial charge in [-0.1, -0.05) is 12.1 Å². The summed E-state index contributed by atoms with van der Waals surface area (Å²) in [6.07, 6.45) is 0.458. The second kappa shape index (κ2) is 9.03. The van der Waals surface area contributed by atoms with Gasteiger partial charge in [-0.25, -0.2) is 0 Å². The lowest BCUT2D eigenvalue weighted by Crippen LogP contribution is -2.33. The molecular weight excluding hydrogens is 264 g/mol. The van der Waals surface area contributed by atoms with Gasteiger partial charge in [0.2, 0.25) is 0 Å². The summed E-state index contributed by atoms with van der Waals surface area (Å²) in [7, 11) is 2.08. The molecule has 1 unspecified atom stereocenters. The van der Waals surface area contributed by atoms with Crippen molar-refractivity contribution in [1.29, 1.82) is 0 Å². The predicted molar refractivity (Wildman–Crippen MR) is 87.7 cm³/mol. The molecule has 1 rings (SSSR count). The van der Waals surface area contributed by atoms with Crippen LogP contribution in [0.3, 0.4) is 0 Å². The number of nitrogens with zero attached hydrogens (tertiary/aromatic N) is 1. The fourth-order valence-electron chi connectivity index (χ4n) is 2.20. The second-order valence-electron chi connectivity index (χ2n) is 5.89. The molecule has 0 aliphatic rings. The fraction of sp³-hybridized carbons (Fsp3) is 0.647. The lowest BCUT2D eigenvalue weighted by molar-refractivity contribution is 0.0564. The third kappa shape index (κ3) is 6.46. The number of nitrogens with two attached hydrogens (primary N) is 1. The maximum absolute atomic E-state index is 5.94. The molecule has 1 atom stereocenters. The van der Waals surface area contributed by atoms with Crippen LogP contribution in [0.5, 0.6) is 5.75 Å². The van der Waals surface area contributed by atoms with Crippen molar-refractivity contribution in [2.75, 3.05) is 26.7 Å². The fourth-order valence-corrected chi connectivity index (χ4v) is 2.20. The van der Waals surface area contributed by atoms with Crippen LogP contribution < -0.4 is 10.5 Å². The van der Waals surface area contributed by atoms with Crippen LogP contribution in [0, 0.1) is 0 Å². The van der Waals surface area contributed by atoms with Crippen LogP contribution in [0.2, 0.25) is 0 Å². The molecule has 0 radical (unpaired) electrons. The van der Waals surface area contributed by atoms with Crippen molar-refractivity contribution in [3.05, 3.63) is 29.8 Å². The number of rotatable bonds is 9. The number of likely N-dealkylation sites (N-methyl/N-ethyl adjacent to an activating group) is 1. The standard InChI is InChI=1S/C17H30N2O2/c1-13(2)20-11-10-19(5)17(12-18)15-6-8-16(9-7-15)21-14(3)4/h6-9,13-14,17H,10-12,18H2,1-5H3. The first-order valence-electron chi connectivity index (χ1n) is 7.72. The van der Waals surface area contributed by atoms with Crippen LogP contribution in [0.1, 0.15) is 39.3 Å². The van der Waals surface area contributed by atoms with E-state index in [2.05, 4.69) is 24.1 Å². The lowest BCUT2D eigenvalue weighted by atomic mass is 10.1. The molecule has 0 spiro atoms. The molecule has 0 heterocycles. The average molecular weight is 294 g/mol. The first kappa shape index (κ1) is 18.0. The molecule has 0 aliphatic carbocycles. The Bertz CT molecular complexity index is 390. The van der Waals surface area contributed by atoms with E-state index in [1.807, 2.05) is 39.8 Å². The largest absolute Gasteiger partial charge is 0.491 e. The zero-order chi connectivity index (χ0) is 15.8. The number of hydrogen-bond donors (Lipinski definition) is 1. The predicted octanol–water partition coefficient (Wildman–Crippen LogP) is 2.83. The van der Waals surface area contributed by atoms with E-state index in [1.54, 1.807) is 0 Å². The molecule has 21 heavy (non-hydrogen) atoms. The van der Waals surface area contributed by atoms with Gasteiger partial charge in [0.15, 0.2) is 0 Å². The van der Waals surface area contributed by atoms with Gasteiger partial charge in [-0.2, -0.15) is 0 Å². The van der Waals surface area contributed by atoms with Crippen LogP contribution in [0.15, 0.2) is 24.3 Å². The quantitative estimate of drug-likeness (QED) is 0.761. The highest BCUT2D eigenvalue weighted by Gasteiger charge is 2.15. The molecule has 2 N–H and O–H groups in total. The minimum atomic E-state index is 0.192. The summed E-state index contributed by atoms with van der Waals surface area (Å²) in [4.78, 5) is 2.24. The van der Waals surface area contributed by atoms with Crippen molar-refractivity contribution < 1.29 is 9.47 Å². The maximum atomic E-state index is 5.94. The van der Waals surface area contributed by atoms with Gasteiger partial charge in [-0.05, 0) is 52.4 Å². The second-order valence-corrected chi connectivity index (χ2v) is 5.89. The maximum Gasteiger partial charge on any atom is 0.119 e. The van der Waals surface area contributed by atoms with Crippen molar-refractivity contribution >= 4 is 0 Å². The highest BCUT2D eigenvalue weighted by Crippen LogP contribution is 2.21. The van der Waals surface area contributed by atoms with Gasteiger partial charge in [0.1, 0.15) is 5.75 Å². The van der Waals surface area contributed by atoms with E-state index in [9.17, 15) is 0 Å². The van der Waals surface area contributed by atoms with Crippen molar-refractivity contribution in [1.82, 2.24) is 4.90 Å². The van der Waals surface area contributed by atoms with Crippen LogP contribution in [-0.2, 0) is 4.74 Å². The van der Waals surface area contributed by atoms with Crippen molar-refractivity contribution in [3.63, 3.8) is 0 Å². The summed E-state index contributed by atoms with van der Waals surface area (Å²) >= 11 is 0. The first-order chi connectivity index (χ1) is 9.93. The van der Waals surface area contributed by atoms with E-state index < -0.39 is 0 Å². The monoisotopic (exact) mass is 294 g/mol. The highest BCUT2D eigenvalue weighted by atomic mass is 16.5. The van der Waals surface area contributed by atoms with E-state index in [4.69, 9.17) is 15.2 Å². The molecule has 1 aromatic rings. The van der Waals surface area contributed by atoms with Crippen molar-refractivity contribution in [3.8, 4) is 5.75 Å². The van der Waals surface area contributed by atoms with E-state index >= 15 is 0 Å². The summed E-state index contributed by atoms with van der Waals surface area (Å²) in [5.41, 5.74) is 7.15. The highest BCUT2D eigenvalue weighted by molar-refractivity contribution is 5.29. The van der Waals surface area contributed by atoms with Gasteiger partial charge < -0.3 is 15.2 Å². The van der Waals surface area contributed by atoms with Crippen LogP contribution in [0.25, 0.3) is 0 Å². The van der Waals surface area contributed by atoms with Gasteiger partial charge in [-0.3, -0.25) is 4.90 Å². The average Bonchev–Trinajstić information content (AvgIpc) is 2.40. The van der Waals surface area contributed by atoms with Crippen molar-refractivity contribution in [2.45, 2.75) is 45.9 Å².